The van der Waals surface area contributed by atoms with Crippen molar-refractivity contribution in [3.8, 4) is 5.75 Å². The Morgan fingerprint density at radius 3 is 2.39 bits per heavy atom. The number of methoxy groups -OCH3 is 1. The number of imide groups is 1. The van der Waals surface area contributed by atoms with Crippen LogP contribution >= 0.6 is 0 Å². The molecule has 0 atom stereocenters. The number of hydrogen-bond donors (Lipinski definition) is 2. The number of alkyl halides is 5. The van der Waals surface area contributed by atoms with Crippen molar-refractivity contribution in [1.29, 1.82) is 0 Å². The first-order valence-electron chi connectivity index (χ1n) is 11.4. The number of rotatable bonds is 9. The third kappa shape index (κ3) is 6.47. The van der Waals surface area contributed by atoms with Gasteiger partial charge in [-0.1, -0.05) is 12.1 Å². The second-order valence-corrected chi connectivity index (χ2v) is 8.59. The molecule has 0 saturated carbocycles. The fraction of sp³-hybridized carbons (Fsp3) is 0.333. The van der Waals surface area contributed by atoms with E-state index in [-0.39, 0.29) is 31.2 Å². The van der Waals surface area contributed by atoms with Gasteiger partial charge in [-0.15, -0.1) is 0 Å². The van der Waals surface area contributed by atoms with E-state index in [2.05, 4.69) is 10.1 Å². The molecule has 0 aromatic heterocycles. The average Bonchev–Trinajstić information content (AvgIpc) is 3.15. The number of hydrogen-bond acceptors (Lipinski definition) is 5. The van der Waals surface area contributed by atoms with Crippen LogP contribution in [-0.4, -0.2) is 49.9 Å². The number of halogens is 5. The molecule has 3 rings (SSSR count). The van der Waals surface area contributed by atoms with Crippen LogP contribution in [0, 0.1) is 0 Å². The van der Waals surface area contributed by atoms with Gasteiger partial charge in [0.2, 0.25) is 13.8 Å². The largest absolute Gasteiger partial charge is 0.497 e. The monoisotopic (exact) mass is 539 g/mol. The maximum Gasteiger partial charge on any atom is 0.417 e. The Bertz CT molecular complexity index is 1270. The minimum atomic E-state index is -5.15. The number of fused-ring (bicyclic) bond motifs is 1. The normalized spacial score (nSPS) is 13.2. The maximum atomic E-state index is 14.8. The summed E-state index contributed by atoms with van der Waals surface area (Å²) < 4.78 is 74.4. The van der Waals surface area contributed by atoms with Crippen LogP contribution in [0.5, 0.6) is 5.75 Å². The van der Waals surface area contributed by atoms with Crippen molar-refractivity contribution in [2.75, 3.05) is 13.7 Å². The molecule has 0 radical (unpaired) electrons. The minimum absolute atomic E-state index is 0.0371. The van der Waals surface area contributed by atoms with E-state index < -0.39 is 47.4 Å². The maximum absolute atomic E-state index is 14.8. The molecule has 2 N–H and O–H groups in total. The molecule has 2 aromatic rings. The van der Waals surface area contributed by atoms with Gasteiger partial charge in [0.1, 0.15) is 5.75 Å². The third-order valence-electron chi connectivity index (χ3n) is 5.80. The summed E-state index contributed by atoms with van der Waals surface area (Å²) >= 11 is 0. The number of carbonyl (C=O) groups is 4. The first-order chi connectivity index (χ1) is 17.7. The summed E-state index contributed by atoms with van der Waals surface area (Å²) in [6, 6.07) is 6.24. The van der Waals surface area contributed by atoms with Crippen molar-refractivity contribution in [3.63, 3.8) is 0 Å². The van der Waals surface area contributed by atoms with Crippen LogP contribution in [0.15, 0.2) is 36.4 Å². The average molecular weight is 539 g/mol. The highest BCUT2D eigenvalue weighted by atomic mass is 19.4. The van der Waals surface area contributed by atoms with E-state index >= 15 is 0 Å². The van der Waals surface area contributed by atoms with E-state index in [1.807, 2.05) is 5.32 Å². The van der Waals surface area contributed by atoms with Gasteiger partial charge in [0.25, 0.3) is 11.8 Å². The molecule has 2 aromatic carbocycles. The predicted octanol–water partition coefficient (Wildman–Crippen LogP) is 2.73. The molecule has 1 aliphatic heterocycles. The number of carbonyl (C=O) groups excluding carboxylic acids is 4. The summed E-state index contributed by atoms with van der Waals surface area (Å²) in [7, 11) is 2.29. The van der Waals surface area contributed by atoms with Gasteiger partial charge in [0, 0.05) is 37.2 Å². The fourth-order valence-corrected chi connectivity index (χ4v) is 3.99. The van der Waals surface area contributed by atoms with Gasteiger partial charge in [0.05, 0.1) is 12.7 Å². The van der Waals surface area contributed by atoms with Crippen molar-refractivity contribution in [1.82, 2.24) is 15.5 Å². The molecule has 1 heterocycles. The molecule has 0 aliphatic carbocycles. The quantitative estimate of drug-likeness (QED) is 0.377. The van der Waals surface area contributed by atoms with Crippen molar-refractivity contribution < 1.29 is 45.9 Å². The number of ether oxygens (including phenoxy) is 1. The molecular weight excluding hydrogens is 516 g/mol. The van der Waals surface area contributed by atoms with E-state index in [0.29, 0.717) is 35.2 Å². The lowest BCUT2D eigenvalue weighted by atomic mass is 9.99. The summed E-state index contributed by atoms with van der Waals surface area (Å²) in [6.07, 6.45) is -4.80. The standard InChI is InChI=1S/C24H23BF5N3O5/c1-38-15-5-7-17(18(10-15)24(28,29)30)23(26,27)21(36)31-11-13-4-6-16-14(9-13)12-33(20(16)35)8-2-3-19(34)32-22(25)37/h4-7,9-10H,2-3,8,11-12,25H2,1H3,(H,31,36)(H,32,34,37). The second-order valence-electron chi connectivity index (χ2n) is 8.59. The molecule has 0 saturated heterocycles. The molecule has 4 amide bonds. The molecule has 8 nitrogen and oxygen atoms in total. The van der Waals surface area contributed by atoms with E-state index in [1.54, 1.807) is 0 Å². The topological polar surface area (TPSA) is 105 Å². The lowest BCUT2D eigenvalue weighted by Crippen LogP contribution is -2.39. The second kappa shape index (κ2) is 11.2. The van der Waals surface area contributed by atoms with E-state index in [9.17, 15) is 41.1 Å². The fourth-order valence-electron chi connectivity index (χ4n) is 3.99. The van der Waals surface area contributed by atoms with Crippen LogP contribution in [0.1, 0.15) is 45.5 Å². The van der Waals surface area contributed by atoms with Gasteiger partial charge >= 0.3 is 12.1 Å². The molecular formula is C24H23BF5N3O5. The number of nitrogens with one attached hydrogen (secondary N) is 2. The summed E-state index contributed by atoms with van der Waals surface area (Å²) in [5.41, 5.74) is -1.90. The first-order valence-corrected chi connectivity index (χ1v) is 11.4. The SMILES string of the molecule is BC(=O)NC(=O)CCCN1Cc2cc(CNC(=O)C(F)(F)c3ccc(OC)cc3C(F)(F)F)ccc2C1=O. The van der Waals surface area contributed by atoms with Crippen molar-refractivity contribution in [2.24, 2.45) is 0 Å². The third-order valence-corrected chi connectivity index (χ3v) is 5.80. The highest BCUT2D eigenvalue weighted by Crippen LogP contribution is 2.41. The molecule has 202 valence electrons. The van der Waals surface area contributed by atoms with E-state index in [0.717, 1.165) is 13.2 Å². The Balaban J connectivity index is 1.65. The van der Waals surface area contributed by atoms with Gasteiger partial charge in [-0.25, -0.2) is 0 Å². The van der Waals surface area contributed by atoms with Crippen LogP contribution in [0.4, 0.5) is 26.7 Å². The van der Waals surface area contributed by atoms with Gasteiger partial charge in [-0.2, -0.15) is 22.0 Å². The Morgan fingerprint density at radius 2 is 1.76 bits per heavy atom. The molecule has 0 fully saturated rings. The minimum Gasteiger partial charge on any atom is -0.497 e. The van der Waals surface area contributed by atoms with E-state index in [4.69, 9.17) is 0 Å². The zero-order chi connectivity index (χ0) is 28.3. The smallest absolute Gasteiger partial charge is 0.417 e. The zero-order valence-electron chi connectivity index (χ0n) is 20.4. The highest BCUT2D eigenvalue weighted by molar-refractivity contribution is 6.58. The summed E-state index contributed by atoms with van der Waals surface area (Å²) in [4.78, 5) is 48.8. The Labute approximate surface area is 214 Å². The Morgan fingerprint density at radius 1 is 1.05 bits per heavy atom. The Kier molecular flexibility index (Phi) is 8.43. The lowest BCUT2D eigenvalue weighted by molar-refractivity contribution is -0.153. The van der Waals surface area contributed by atoms with Gasteiger partial charge < -0.3 is 20.3 Å². The van der Waals surface area contributed by atoms with Crippen LogP contribution in [0.2, 0.25) is 0 Å². The first kappa shape index (κ1) is 28.6. The molecule has 14 heteroatoms. The Hall–Kier alpha value is -3.97. The summed E-state index contributed by atoms with van der Waals surface area (Å²) in [5.74, 6) is -7.95. The van der Waals surface area contributed by atoms with Gasteiger partial charge in [-0.3, -0.25) is 19.2 Å². The molecule has 0 unspecified atom stereocenters. The van der Waals surface area contributed by atoms with Crippen molar-refractivity contribution >= 4 is 31.4 Å². The van der Waals surface area contributed by atoms with Crippen LogP contribution in [0.25, 0.3) is 0 Å². The highest BCUT2D eigenvalue weighted by Gasteiger charge is 2.48. The number of benzene rings is 2. The number of nitrogens with zero attached hydrogens (tertiary/aromatic N) is 1. The molecule has 0 bridgehead atoms. The van der Waals surface area contributed by atoms with Crippen LogP contribution in [0.3, 0.4) is 0 Å². The molecule has 0 spiro atoms. The number of amides is 4. The van der Waals surface area contributed by atoms with Gasteiger partial charge in [0.15, 0.2) is 5.81 Å². The van der Waals surface area contributed by atoms with E-state index in [1.165, 1.54) is 30.9 Å². The molecule has 1 aliphatic rings. The summed E-state index contributed by atoms with van der Waals surface area (Å²) in [5, 5.41) is 4.10. The zero-order valence-corrected chi connectivity index (χ0v) is 20.4. The van der Waals surface area contributed by atoms with Crippen molar-refractivity contribution in [3.05, 3.63) is 64.2 Å². The van der Waals surface area contributed by atoms with Gasteiger partial charge in [-0.05, 0) is 41.8 Å². The molecule has 38 heavy (non-hydrogen) atoms. The van der Waals surface area contributed by atoms with Crippen molar-refractivity contribution in [2.45, 2.75) is 38.0 Å². The lowest BCUT2D eigenvalue weighted by Gasteiger charge is -2.21. The predicted molar refractivity (Wildman–Crippen MR) is 126 cm³/mol. The summed E-state index contributed by atoms with van der Waals surface area (Å²) in [6.45, 7) is 0.000375. The van der Waals surface area contributed by atoms with Crippen LogP contribution < -0.4 is 15.4 Å². The van der Waals surface area contributed by atoms with Crippen LogP contribution in [-0.2, 0) is 34.8 Å².